The Morgan fingerprint density at radius 2 is 2.07 bits per heavy atom. The van der Waals surface area contributed by atoms with Crippen LogP contribution >= 0.6 is 11.6 Å². The van der Waals surface area contributed by atoms with Gasteiger partial charge >= 0.3 is 0 Å². The van der Waals surface area contributed by atoms with E-state index in [1.807, 2.05) is 13.0 Å². The van der Waals surface area contributed by atoms with Gasteiger partial charge in [-0.3, -0.25) is 4.98 Å². The molecule has 4 heteroatoms. The van der Waals surface area contributed by atoms with Crippen LogP contribution in [0.3, 0.4) is 0 Å². The van der Waals surface area contributed by atoms with Crippen LogP contribution in [0.2, 0.25) is 5.02 Å². The van der Waals surface area contributed by atoms with E-state index in [0.29, 0.717) is 15.9 Å². The molecule has 0 bridgehead atoms. The van der Waals surface area contributed by atoms with E-state index in [2.05, 4.69) is 10.3 Å². The van der Waals surface area contributed by atoms with E-state index in [4.69, 9.17) is 11.6 Å². The lowest BCUT2D eigenvalue weighted by Gasteiger charge is -2.08. The zero-order valence-electron chi connectivity index (χ0n) is 8.44. The minimum Gasteiger partial charge on any atom is -0.388 e. The number of benzene rings is 1. The van der Waals surface area contributed by atoms with Gasteiger partial charge in [-0.05, 0) is 25.1 Å². The molecule has 1 N–H and O–H groups in total. The van der Waals surface area contributed by atoms with Crippen molar-refractivity contribution in [1.29, 1.82) is 0 Å². The first kappa shape index (κ1) is 10.2. The van der Waals surface area contributed by atoms with Gasteiger partial charge in [-0.1, -0.05) is 11.6 Å². The Labute approximate surface area is 92.1 Å². The maximum atomic E-state index is 13.2. The van der Waals surface area contributed by atoms with E-state index in [0.717, 1.165) is 11.4 Å². The van der Waals surface area contributed by atoms with Crippen LogP contribution in [0.15, 0.2) is 18.2 Å². The fraction of sp³-hybridized carbons (Fsp3) is 0.182. The van der Waals surface area contributed by atoms with E-state index >= 15 is 0 Å². The summed E-state index contributed by atoms with van der Waals surface area (Å²) >= 11 is 5.93. The first-order chi connectivity index (χ1) is 7.11. The second-order valence-corrected chi connectivity index (χ2v) is 3.75. The zero-order valence-corrected chi connectivity index (χ0v) is 9.19. The number of anilines is 1. The fourth-order valence-electron chi connectivity index (χ4n) is 1.59. The average molecular weight is 225 g/mol. The highest BCUT2D eigenvalue weighted by molar-refractivity contribution is 6.35. The van der Waals surface area contributed by atoms with Crippen molar-refractivity contribution in [3.05, 3.63) is 34.7 Å². The molecule has 2 rings (SSSR count). The van der Waals surface area contributed by atoms with E-state index in [1.165, 1.54) is 12.1 Å². The summed E-state index contributed by atoms with van der Waals surface area (Å²) in [4.78, 5) is 4.29. The molecule has 0 unspecified atom stereocenters. The Balaban J connectivity index is 2.89. The predicted octanol–water partition coefficient (Wildman–Crippen LogP) is 3.38. The lowest BCUT2D eigenvalue weighted by molar-refractivity contribution is 0.629. The minimum atomic E-state index is -0.352. The van der Waals surface area contributed by atoms with Crippen LogP contribution in [0.5, 0.6) is 0 Å². The van der Waals surface area contributed by atoms with Gasteiger partial charge in [0.25, 0.3) is 0 Å². The molecule has 0 radical (unpaired) electrons. The Bertz CT molecular complexity index is 525. The molecule has 1 aromatic carbocycles. The summed E-state index contributed by atoms with van der Waals surface area (Å²) in [7, 11) is 1.78. The SMILES string of the molecule is CNc1cc(C)nc2c(Cl)cc(F)cc12. The standard InChI is InChI=1S/C11H10ClFN2/c1-6-3-10(14-2)8-4-7(13)5-9(12)11(8)15-6/h3-5H,1-2H3,(H,14,15). The van der Waals surface area contributed by atoms with Gasteiger partial charge in [0.1, 0.15) is 5.82 Å². The van der Waals surface area contributed by atoms with Gasteiger partial charge < -0.3 is 5.32 Å². The lowest BCUT2D eigenvalue weighted by atomic mass is 10.1. The average Bonchev–Trinajstić information content (AvgIpc) is 2.18. The molecule has 0 saturated carbocycles. The van der Waals surface area contributed by atoms with E-state index in [-0.39, 0.29) is 5.82 Å². The van der Waals surface area contributed by atoms with Gasteiger partial charge in [-0.2, -0.15) is 0 Å². The monoisotopic (exact) mass is 224 g/mol. The Morgan fingerprint density at radius 1 is 1.33 bits per heavy atom. The number of aryl methyl sites for hydroxylation is 1. The molecule has 0 saturated heterocycles. The number of aromatic nitrogens is 1. The van der Waals surface area contributed by atoms with Crippen molar-refractivity contribution in [2.45, 2.75) is 6.92 Å². The van der Waals surface area contributed by atoms with Crippen LogP contribution in [-0.2, 0) is 0 Å². The molecule has 1 heterocycles. The number of fused-ring (bicyclic) bond motifs is 1. The summed E-state index contributed by atoms with van der Waals surface area (Å²) in [5.74, 6) is -0.352. The maximum Gasteiger partial charge on any atom is 0.125 e. The van der Waals surface area contributed by atoms with E-state index in [1.54, 1.807) is 7.05 Å². The van der Waals surface area contributed by atoms with Gasteiger partial charge in [0.05, 0.1) is 10.5 Å². The van der Waals surface area contributed by atoms with Crippen molar-refractivity contribution in [2.75, 3.05) is 12.4 Å². The van der Waals surface area contributed by atoms with Crippen molar-refractivity contribution in [2.24, 2.45) is 0 Å². The molecule has 0 fully saturated rings. The highest BCUT2D eigenvalue weighted by Gasteiger charge is 2.08. The smallest absolute Gasteiger partial charge is 0.125 e. The number of nitrogens with zero attached hydrogens (tertiary/aromatic N) is 1. The molecule has 0 aliphatic heterocycles. The molecule has 0 aliphatic carbocycles. The largest absolute Gasteiger partial charge is 0.388 e. The van der Waals surface area contributed by atoms with Crippen molar-refractivity contribution >= 4 is 28.2 Å². The Kier molecular flexibility index (Phi) is 2.49. The van der Waals surface area contributed by atoms with Crippen LogP contribution in [0.1, 0.15) is 5.69 Å². The number of hydrogen-bond acceptors (Lipinski definition) is 2. The first-order valence-electron chi connectivity index (χ1n) is 4.56. The van der Waals surface area contributed by atoms with E-state index < -0.39 is 0 Å². The molecule has 1 aromatic heterocycles. The highest BCUT2D eigenvalue weighted by atomic mass is 35.5. The van der Waals surface area contributed by atoms with Crippen molar-refractivity contribution < 1.29 is 4.39 Å². The van der Waals surface area contributed by atoms with Crippen molar-refractivity contribution in [3.63, 3.8) is 0 Å². The van der Waals surface area contributed by atoms with E-state index in [9.17, 15) is 4.39 Å². The number of pyridine rings is 1. The lowest BCUT2D eigenvalue weighted by Crippen LogP contribution is -1.94. The molecular weight excluding hydrogens is 215 g/mol. The fourth-order valence-corrected chi connectivity index (χ4v) is 1.84. The molecule has 0 aliphatic rings. The summed E-state index contributed by atoms with van der Waals surface area (Å²) < 4.78 is 13.2. The molecule has 2 nitrogen and oxygen atoms in total. The van der Waals surface area contributed by atoms with Crippen LogP contribution in [0, 0.1) is 12.7 Å². The van der Waals surface area contributed by atoms with Gasteiger partial charge in [0.2, 0.25) is 0 Å². The van der Waals surface area contributed by atoms with Crippen LogP contribution in [-0.4, -0.2) is 12.0 Å². The Hall–Kier alpha value is -1.35. The molecule has 2 aromatic rings. The summed E-state index contributed by atoms with van der Waals surface area (Å²) in [6.45, 7) is 1.87. The van der Waals surface area contributed by atoms with Gasteiger partial charge in [-0.25, -0.2) is 4.39 Å². The second-order valence-electron chi connectivity index (χ2n) is 3.34. The third-order valence-electron chi connectivity index (χ3n) is 2.23. The summed E-state index contributed by atoms with van der Waals surface area (Å²) in [6.07, 6.45) is 0. The molecule has 0 atom stereocenters. The molecule has 0 amide bonds. The van der Waals surface area contributed by atoms with Crippen molar-refractivity contribution in [3.8, 4) is 0 Å². The number of hydrogen-bond donors (Lipinski definition) is 1. The summed E-state index contributed by atoms with van der Waals surface area (Å²) in [5.41, 5.74) is 2.31. The third-order valence-corrected chi connectivity index (χ3v) is 2.52. The van der Waals surface area contributed by atoms with Crippen LogP contribution < -0.4 is 5.32 Å². The number of nitrogens with one attached hydrogen (secondary N) is 1. The normalized spacial score (nSPS) is 10.7. The van der Waals surface area contributed by atoms with Gasteiger partial charge in [0, 0.05) is 23.8 Å². The summed E-state index contributed by atoms with van der Waals surface area (Å²) in [5, 5.41) is 4.04. The van der Waals surface area contributed by atoms with Gasteiger partial charge in [-0.15, -0.1) is 0 Å². The zero-order chi connectivity index (χ0) is 11.0. The molecule has 78 valence electrons. The first-order valence-corrected chi connectivity index (χ1v) is 4.94. The van der Waals surface area contributed by atoms with Crippen LogP contribution in [0.4, 0.5) is 10.1 Å². The molecular formula is C11H10ClFN2. The number of rotatable bonds is 1. The van der Waals surface area contributed by atoms with Crippen molar-refractivity contribution in [1.82, 2.24) is 4.98 Å². The Morgan fingerprint density at radius 3 is 2.73 bits per heavy atom. The molecule has 15 heavy (non-hydrogen) atoms. The second kappa shape index (κ2) is 3.66. The third kappa shape index (κ3) is 1.75. The summed E-state index contributed by atoms with van der Waals surface area (Å²) in [6, 6.07) is 4.56. The van der Waals surface area contributed by atoms with Crippen LogP contribution in [0.25, 0.3) is 10.9 Å². The highest BCUT2D eigenvalue weighted by Crippen LogP contribution is 2.29. The van der Waals surface area contributed by atoms with Gasteiger partial charge in [0.15, 0.2) is 0 Å². The predicted molar refractivity (Wildman–Crippen MR) is 61.0 cm³/mol. The maximum absolute atomic E-state index is 13.2. The molecule has 0 spiro atoms. The topological polar surface area (TPSA) is 24.9 Å². The quantitative estimate of drug-likeness (QED) is 0.803. The minimum absolute atomic E-state index is 0.338. The number of halogens is 2.